The van der Waals surface area contributed by atoms with E-state index in [0.29, 0.717) is 0 Å². The standard InChI is InChI=1S/C21H18F2N2OS/c22-17-7-6-15(12-18(17)23)24-20(26)13-25-10-8-19-16(9-11-27-19)21(25)14-4-2-1-3-5-14/h1-7,9,11-12,21H,8,10,13H2,(H,24,26). The van der Waals surface area contributed by atoms with Crippen molar-refractivity contribution in [2.24, 2.45) is 0 Å². The largest absolute Gasteiger partial charge is 0.325 e. The van der Waals surface area contributed by atoms with Crippen LogP contribution in [0.25, 0.3) is 0 Å². The van der Waals surface area contributed by atoms with Crippen LogP contribution in [0.4, 0.5) is 14.5 Å². The molecule has 2 aromatic carbocycles. The average molecular weight is 384 g/mol. The number of benzene rings is 2. The summed E-state index contributed by atoms with van der Waals surface area (Å²) in [5.41, 5.74) is 2.62. The van der Waals surface area contributed by atoms with Crippen molar-refractivity contribution >= 4 is 22.9 Å². The van der Waals surface area contributed by atoms with Crippen LogP contribution < -0.4 is 5.32 Å². The molecule has 1 aliphatic heterocycles. The van der Waals surface area contributed by atoms with Gasteiger partial charge in [0, 0.05) is 23.2 Å². The minimum absolute atomic E-state index is 0.0110. The number of fused-ring (bicyclic) bond motifs is 1. The van der Waals surface area contributed by atoms with Gasteiger partial charge in [0.2, 0.25) is 5.91 Å². The van der Waals surface area contributed by atoms with Crippen LogP contribution in [0.3, 0.4) is 0 Å². The molecule has 3 aromatic rings. The van der Waals surface area contributed by atoms with Gasteiger partial charge in [0.25, 0.3) is 0 Å². The molecule has 1 atom stereocenters. The predicted molar refractivity (Wildman–Crippen MR) is 103 cm³/mol. The molecule has 0 aliphatic carbocycles. The molecule has 27 heavy (non-hydrogen) atoms. The van der Waals surface area contributed by atoms with Gasteiger partial charge in [-0.3, -0.25) is 9.69 Å². The molecule has 6 heteroatoms. The third-order valence-corrected chi connectivity index (χ3v) is 5.73. The van der Waals surface area contributed by atoms with Gasteiger partial charge in [-0.2, -0.15) is 0 Å². The van der Waals surface area contributed by atoms with Gasteiger partial charge < -0.3 is 5.32 Å². The van der Waals surface area contributed by atoms with Crippen LogP contribution in [0.5, 0.6) is 0 Å². The van der Waals surface area contributed by atoms with E-state index in [4.69, 9.17) is 0 Å². The average Bonchev–Trinajstić information content (AvgIpc) is 3.14. The number of hydrogen-bond donors (Lipinski definition) is 1. The van der Waals surface area contributed by atoms with Crippen molar-refractivity contribution < 1.29 is 13.6 Å². The molecule has 0 fully saturated rings. The lowest BCUT2D eigenvalue weighted by Gasteiger charge is -2.35. The SMILES string of the molecule is O=C(CN1CCc2sccc2C1c1ccccc1)Nc1ccc(F)c(F)c1. The maximum Gasteiger partial charge on any atom is 0.238 e. The summed E-state index contributed by atoms with van der Waals surface area (Å²) in [6.07, 6.45) is 0.898. The molecule has 0 saturated heterocycles. The fraction of sp³-hybridized carbons (Fsp3) is 0.190. The highest BCUT2D eigenvalue weighted by Crippen LogP contribution is 2.37. The summed E-state index contributed by atoms with van der Waals surface area (Å²) >= 11 is 1.75. The summed E-state index contributed by atoms with van der Waals surface area (Å²) in [7, 11) is 0. The number of hydrogen-bond acceptors (Lipinski definition) is 3. The van der Waals surface area contributed by atoms with E-state index in [2.05, 4.69) is 33.8 Å². The highest BCUT2D eigenvalue weighted by Gasteiger charge is 2.30. The first kappa shape index (κ1) is 17.8. The first-order chi connectivity index (χ1) is 13.1. The van der Waals surface area contributed by atoms with E-state index in [0.717, 1.165) is 30.7 Å². The Morgan fingerprint density at radius 1 is 1.11 bits per heavy atom. The number of carbonyl (C=O) groups excluding carboxylic acids is 1. The Balaban J connectivity index is 1.55. The summed E-state index contributed by atoms with van der Waals surface area (Å²) in [6.45, 7) is 0.937. The number of rotatable bonds is 4. The number of thiophene rings is 1. The second kappa shape index (κ2) is 7.58. The topological polar surface area (TPSA) is 32.3 Å². The lowest BCUT2D eigenvalue weighted by molar-refractivity contribution is -0.117. The van der Waals surface area contributed by atoms with Crippen molar-refractivity contribution in [2.45, 2.75) is 12.5 Å². The van der Waals surface area contributed by atoms with E-state index in [9.17, 15) is 13.6 Å². The number of halogens is 2. The van der Waals surface area contributed by atoms with E-state index >= 15 is 0 Å². The summed E-state index contributed by atoms with van der Waals surface area (Å²) in [5.74, 6) is -2.16. The molecule has 0 saturated carbocycles. The predicted octanol–water partition coefficient (Wildman–Crippen LogP) is 4.61. The van der Waals surface area contributed by atoms with Crippen molar-refractivity contribution in [1.29, 1.82) is 0 Å². The molecule has 0 spiro atoms. The van der Waals surface area contributed by atoms with Crippen LogP contribution in [0.15, 0.2) is 60.0 Å². The van der Waals surface area contributed by atoms with Crippen LogP contribution >= 0.6 is 11.3 Å². The molecule has 0 bridgehead atoms. The van der Waals surface area contributed by atoms with Crippen LogP contribution in [0, 0.1) is 11.6 Å². The molecule has 2 heterocycles. The van der Waals surface area contributed by atoms with Crippen molar-refractivity contribution in [3.8, 4) is 0 Å². The molecule has 1 aromatic heterocycles. The molecule has 1 N–H and O–H groups in total. The molecule has 1 amide bonds. The number of anilines is 1. The molecule has 0 radical (unpaired) electrons. The monoisotopic (exact) mass is 384 g/mol. The summed E-state index contributed by atoms with van der Waals surface area (Å²) in [4.78, 5) is 16.0. The lowest BCUT2D eigenvalue weighted by Crippen LogP contribution is -2.40. The maximum absolute atomic E-state index is 13.4. The molecular formula is C21H18F2N2OS. The second-order valence-corrected chi connectivity index (χ2v) is 7.51. The third-order valence-electron chi connectivity index (χ3n) is 4.73. The van der Waals surface area contributed by atoms with Gasteiger partial charge in [0.05, 0.1) is 12.6 Å². The molecule has 3 nitrogen and oxygen atoms in total. The van der Waals surface area contributed by atoms with Crippen molar-refractivity contribution in [3.63, 3.8) is 0 Å². The fourth-order valence-corrected chi connectivity index (χ4v) is 4.43. The quantitative estimate of drug-likeness (QED) is 0.712. The number of carbonyl (C=O) groups is 1. The van der Waals surface area contributed by atoms with Crippen molar-refractivity contribution in [1.82, 2.24) is 4.90 Å². The van der Waals surface area contributed by atoms with Crippen LogP contribution in [-0.4, -0.2) is 23.9 Å². The minimum atomic E-state index is -0.976. The molecule has 1 unspecified atom stereocenters. The van der Waals surface area contributed by atoms with Gasteiger partial charge in [0.15, 0.2) is 11.6 Å². The van der Waals surface area contributed by atoms with Crippen molar-refractivity contribution in [2.75, 3.05) is 18.4 Å². The summed E-state index contributed by atoms with van der Waals surface area (Å²) in [5, 5.41) is 4.75. The Bertz CT molecular complexity index is 958. The number of amides is 1. The second-order valence-electron chi connectivity index (χ2n) is 6.51. The highest BCUT2D eigenvalue weighted by atomic mass is 32.1. The van der Waals surface area contributed by atoms with Gasteiger partial charge in [-0.05, 0) is 41.1 Å². The summed E-state index contributed by atoms with van der Waals surface area (Å²) in [6, 6.07) is 15.6. The minimum Gasteiger partial charge on any atom is -0.325 e. The highest BCUT2D eigenvalue weighted by molar-refractivity contribution is 7.10. The van der Waals surface area contributed by atoms with Gasteiger partial charge in [0.1, 0.15) is 0 Å². The molecular weight excluding hydrogens is 366 g/mol. The van der Waals surface area contributed by atoms with E-state index in [1.807, 2.05) is 18.2 Å². The van der Waals surface area contributed by atoms with Crippen LogP contribution in [0.2, 0.25) is 0 Å². The van der Waals surface area contributed by atoms with Crippen LogP contribution in [0.1, 0.15) is 22.0 Å². The molecule has 138 valence electrons. The van der Waals surface area contributed by atoms with E-state index in [-0.39, 0.29) is 24.2 Å². The van der Waals surface area contributed by atoms with E-state index in [1.165, 1.54) is 16.5 Å². The Morgan fingerprint density at radius 3 is 2.70 bits per heavy atom. The Kier molecular flexibility index (Phi) is 5.01. The zero-order valence-electron chi connectivity index (χ0n) is 14.5. The summed E-state index contributed by atoms with van der Waals surface area (Å²) < 4.78 is 26.4. The third kappa shape index (κ3) is 3.77. The maximum atomic E-state index is 13.4. The lowest BCUT2D eigenvalue weighted by atomic mass is 9.93. The Morgan fingerprint density at radius 2 is 1.93 bits per heavy atom. The smallest absolute Gasteiger partial charge is 0.238 e. The normalized spacial score (nSPS) is 16.7. The van der Waals surface area contributed by atoms with Gasteiger partial charge in [-0.15, -0.1) is 11.3 Å². The van der Waals surface area contributed by atoms with Gasteiger partial charge >= 0.3 is 0 Å². The van der Waals surface area contributed by atoms with Gasteiger partial charge in [-0.25, -0.2) is 8.78 Å². The molecule has 1 aliphatic rings. The first-order valence-electron chi connectivity index (χ1n) is 8.72. The van der Waals surface area contributed by atoms with Crippen LogP contribution in [-0.2, 0) is 11.2 Å². The number of nitrogens with zero attached hydrogens (tertiary/aromatic N) is 1. The Labute approximate surface area is 160 Å². The van der Waals surface area contributed by atoms with Crippen molar-refractivity contribution in [3.05, 3.63) is 87.6 Å². The molecule has 4 rings (SSSR count). The van der Waals surface area contributed by atoms with E-state index < -0.39 is 11.6 Å². The Hall–Kier alpha value is -2.57. The van der Waals surface area contributed by atoms with Gasteiger partial charge in [-0.1, -0.05) is 30.3 Å². The first-order valence-corrected chi connectivity index (χ1v) is 9.60. The zero-order chi connectivity index (χ0) is 18.8. The zero-order valence-corrected chi connectivity index (χ0v) is 15.3. The number of nitrogens with one attached hydrogen (secondary N) is 1. The van der Waals surface area contributed by atoms with E-state index in [1.54, 1.807) is 11.3 Å². The fourth-order valence-electron chi connectivity index (χ4n) is 3.52.